The molecule has 96 valence electrons. The molecule has 0 saturated carbocycles. The number of halogens is 2. The van der Waals surface area contributed by atoms with Crippen LogP contribution >= 0.6 is 34.5 Å². The van der Waals surface area contributed by atoms with Crippen LogP contribution in [0.5, 0.6) is 0 Å². The van der Waals surface area contributed by atoms with Crippen molar-refractivity contribution >= 4 is 55.9 Å². The number of nitrogens with one attached hydrogen (secondary N) is 1. The van der Waals surface area contributed by atoms with E-state index in [9.17, 15) is 8.42 Å². The molecule has 3 N–H and O–H groups in total. The largest absolute Gasteiger partial charge is 0.397 e. The normalized spacial score (nSPS) is 11.4. The minimum absolute atomic E-state index is 0.127. The first kappa shape index (κ1) is 13.5. The monoisotopic (exact) mass is 322 g/mol. The van der Waals surface area contributed by atoms with E-state index >= 15 is 0 Å². The molecule has 1 aromatic heterocycles. The number of benzene rings is 1. The van der Waals surface area contributed by atoms with E-state index in [1.165, 1.54) is 24.3 Å². The molecule has 0 bridgehead atoms. The van der Waals surface area contributed by atoms with E-state index in [0.717, 1.165) is 11.3 Å². The summed E-state index contributed by atoms with van der Waals surface area (Å²) < 4.78 is 26.9. The molecule has 0 spiro atoms. The molecule has 2 aromatic rings. The molecule has 0 aliphatic carbocycles. The Kier molecular flexibility index (Phi) is 3.72. The standard InChI is InChI=1S/C10H8Cl2N2O2S2/c11-6-1-2-8(7(13)5-6)14-18(15,16)10-4-3-9(12)17-10/h1-5,14H,13H2. The fourth-order valence-corrected chi connectivity index (χ4v) is 4.01. The summed E-state index contributed by atoms with van der Waals surface area (Å²) in [4.78, 5) is 0. The zero-order chi connectivity index (χ0) is 13.3. The Morgan fingerprint density at radius 1 is 1.17 bits per heavy atom. The number of anilines is 2. The molecule has 0 aliphatic rings. The van der Waals surface area contributed by atoms with Crippen molar-refractivity contribution < 1.29 is 8.42 Å². The van der Waals surface area contributed by atoms with Gasteiger partial charge in [0, 0.05) is 5.02 Å². The van der Waals surface area contributed by atoms with Gasteiger partial charge < -0.3 is 5.73 Å². The van der Waals surface area contributed by atoms with E-state index in [-0.39, 0.29) is 15.6 Å². The number of nitrogens with two attached hydrogens (primary N) is 1. The van der Waals surface area contributed by atoms with E-state index in [0.29, 0.717) is 9.36 Å². The highest BCUT2D eigenvalue weighted by Crippen LogP contribution is 2.29. The lowest BCUT2D eigenvalue weighted by Crippen LogP contribution is -2.12. The third kappa shape index (κ3) is 2.89. The zero-order valence-corrected chi connectivity index (χ0v) is 12.0. The van der Waals surface area contributed by atoms with Gasteiger partial charge in [0.25, 0.3) is 10.0 Å². The maximum absolute atomic E-state index is 12.0. The lowest BCUT2D eigenvalue weighted by atomic mass is 10.3. The summed E-state index contributed by atoms with van der Waals surface area (Å²) in [5.41, 5.74) is 6.22. The van der Waals surface area contributed by atoms with Crippen molar-refractivity contribution in [2.24, 2.45) is 0 Å². The van der Waals surface area contributed by atoms with Gasteiger partial charge in [-0.05, 0) is 30.3 Å². The van der Waals surface area contributed by atoms with Crippen molar-refractivity contribution in [3.8, 4) is 0 Å². The fraction of sp³-hybridized carbons (Fsp3) is 0. The first-order valence-electron chi connectivity index (χ1n) is 4.72. The van der Waals surface area contributed by atoms with E-state index in [1.54, 1.807) is 6.07 Å². The Bertz CT molecular complexity index is 683. The lowest BCUT2D eigenvalue weighted by Gasteiger charge is -2.08. The number of thiophene rings is 1. The van der Waals surface area contributed by atoms with E-state index in [1.807, 2.05) is 0 Å². The summed E-state index contributed by atoms with van der Waals surface area (Å²) in [6.45, 7) is 0. The van der Waals surface area contributed by atoms with E-state index in [4.69, 9.17) is 28.9 Å². The minimum atomic E-state index is -3.67. The molecule has 0 unspecified atom stereocenters. The molecule has 0 fully saturated rings. The molecule has 1 heterocycles. The molecule has 8 heteroatoms. The van der Waals surface area contributed by atoms with Gasteiger partial charge in [-0.1, -0.05) is 23.2 Å². The topological polar surface area (TPSA) is 72.2 Å². The number of rotatable bonds is 3. The second kappa shape index (κ2) is 4.97. The Balaban J connectivity index is 2.33. The summed E-state index contributed by atoms with van der Waals surface area (Å²) in [5, 5.41) is 0.439. The van der Waals surface area contributed by atoms with Crippen molar-refractivity contribution in [2.75, 3.05) is 10.5 Å². The van der Waals surface area contributed by atoms with Crippen molar-refractivity contribution in [2.45, 2.75) is 4.21 Å². The van der Waals surface area contributed by atoms with Crippen molar-refractivity contribution in [3.63, 3.8) is 0 Å². The molecule has 2 rings (SSSR count). The van der Waals surface area contributed by atoms with Gasteiger partial charge in [0.2, 0.25) is 0 Å². The van der Waals surface area contributed by atoms with Crippen molar-refractivity contribution in [3.05, 3.63) is 39.7 Å². The van der Waals surface area contributed by atoms with Crippen LogP contribution in [-0.2, 0) is 10.0 Å². The summed E-state index contributed by atoms with van der Waals surface area (Å²) in [5.74, 6) is 0. The van der Waals surface area contributed by atoms with Gasteiger partial charge in [-0.3, -0.25) is 4.72 Å². The van der Waals surface area contributed by atoms with Crippen LogP contribution in [0.15, 0.2) is 34.5 Å². The summed E-state index contributed by atoms with van der Waals surface area (Å²) in [6.07, 6.45) is 0. The van der Waals surface area contributed by atoms with Crippen LogP contribution in [-0.4, -0.2) is 8.42 Å². The van der Waals surface area contributed by atoms with Crippen LogP contribution in [0.25, 0.3) is 0 Å². The Labute approximate surface area is 118 Å². The van der Waals surface area contributed by atoms with Crippen molar-refractivity contribution in [1.82, 2.24) is 0 Å². The van der Waals surface area contributed by atoms with Crippen LogP contribution in [0.3, 0.4) is 0 Å². The average Bonchev–Trinajstić information content (AvgIpc) is 2.70. The number of nitrogen functional groups attached to an aromatic ring is 1. The smallest absolute Gasteiger partial charge is 0.271 e. The molecule has 0 amide bonds. The predicted molar refractivity (Wildman–Crippen MR) is 76.0 cm³/mol. The van der Waals surface area contributed by atoms with E-state index in [2.05, 4.69) is 4.72 Å². The third-order valence-corrected chi connectivity index (χ3v) is 5.39. The first-order chi connectivity index (χ1) is 8.38. The maximum Gasteiger partial charge on any atom is 0.271 e. The van der Waals surface area contributed by atoms with Crippen LogP contribution in [0.4, 0.5) is 11.4 Å². The molecule has 0 aliphatic heterocycles. The molecule has 0 atom stereocenters. The summed E-state index contributed by atoms with van der Waals surface area (Å²) >= 11 is 12.4. The van der Waals surface area contributed by atoms with Gasteiger partial charge in [0.05, 0.1) is 15.7 Å². The van der Waals surface area contributed by atoms with Crippen LogP contribution in [0.1, 0.15) is 0 Å². The molecular formula is C10H8Cl2N2O2S2. The predicted octanol–water partition coefficient (Wildman–Crippen LogP) is 3.44. The Morgan fingerprint density at radius 2 is 1.89 bits per heavy atom. The Morgan fingerprint density at radius 3 is 2.44 bits per heavy atom. The quantitative estimate of drug-likeness (QED) is 0.850. The second-order valence-corrected chi connectivity index (χ2v) is 7.46. The lowest BCUT2D eigenvalue weighted by molar-refractivity contribution is 0.603. The van der Waals surface area contributed by atoms with Crippen LogP contribution in [0.2, 0.25) is 9.36 Å². The molecule has 4 nitrogen and oxygen atoms in total. The molecular weight excluding hydrogens is 315 g/mol. The third-order valence-electron chi connectivity index (χ3n) is 2.07. The number of hydrogen-bond acceptors (Lipinski definition) is 4. The fourth-order valence-electron chi connectivity index (χ4n) is 1.26. The highest BCUT2D eigenvalue weighted by atomic mass is 35.5. The summed E-state index contributed by atoms with van der Waals surface area (Å²) in [6, 6.07) is 7.48. The van der Waals surface area contributed by atoms with Gasteiger partial charge in [0.15, 0.2) is 0 Å². The van der Waals surface area contributed by atoms with Gasteiger partial charge >= 0.3 is 0 Å². The zero-order valence-electron chi connectivity index (χ0n) is 8.85. The van der Waals surface area contributed by atoms with Crippen LogP contribution in [0, 0.1) is 0 Å². The van der Waals surface area contributed by atoms with Crippen LogP contribution < -0.4 is 10.5 Å². The highest BCUT2D eigenvalue weighted by molar-refractivity contribution is 7.94. The van der Waals surface area contributed by atoms with Crippen molar-refractivity contribution in [1.29, 1.82) is 0 Å². The number of sulfonamides is 1. The van der Waals surface area contributed by atoms with Gasteiger partial charge in [0.1, 0.15) is 4.21 Å². The molecule has 0 radical (unpaired) electrons. The SMILES string of the molecule is Nc1cc(Cl)ccc1NS(=O)(=O)c1ccc(Cl)s1. The summed E-state index contributed by atoms with van der Waals surface area (Å²) in [7, 11) is -3.67. The minimum Gasteiger partial charge on any atom is -0.397 e. The average molecular weight is 323 g/mol. The first-order valence-corrected chi connectivity index (χ1v) is 7.77. The molecule has 1 aromatic carbocycles. The van der Waals surface area contributed by atoms with E-state index < -0.39 is 10.0 Å². The van der Waals surface area contributed by atoms with Gasteiger partial charge in [-0.15, -0.1) is 11.3 Å². The highest BCUT2D eigenvalue weighted by Gasteiger charge is 2.17. The van der Waals surface area contributed by atoms with Gasteiger partial charge in [-0.2, -0.15) is 0 Å². The second-order valence-electron chi connectivity index (χ2n) is 3.40. The Hall–Kier alpha value is -0.950. The molecule has 0 saturated heterocycles. The molecule has 18 heavy (non-hydrogen) atoms. The maximum atomic E-state index is 12.0. The number of hydrogen-bond donors (Lipinski definition) is 2. The van der Waals surface area contributed by atoms with Gasteiger partial charge in [-0.25, -0.2) is 8.42 Å².